The molecular weight excluding hydrogens is 1750 g/mol. The number of ketones is 3. The predicted octanol–water partition coefficient (Wildman–Crippen LogP) is 16.3. The van der Waals surface area contributed by atoms with Crippen molar-refractivity contribution < 1.29 is 106 Å². The van der Waals surface area contributed by atoms with Crippen molar-refractivity contribution in [2.45, 2.75) is 149 Å². The van der Waals surface area contributed by atoms with Crippen LogP contribution in [0.2, 0.25) is 0 Å². The summed E-state index contributed by atoms with van der Waals surface area (Å²) in [6.45, 7) is 15.5. The monoisotopic (exact) mass is 1850 g/mol. The standard InChI is InChI=1S/C34H35FN4O5S.C29H27FN4O3S.C25H20ClFN2O2S.C9H16N2O3.Na.H/c1-34(2,3)44-33(42)39-13-12-38(31(41)20-39)19-23-6-8-26(37-18-23)30-17-27-32(45-30)29(10-11-36-27)43-28-9-7-22(16-25(28)35)15-24(40)14-21-4-5-21;30-22-13-19(12-21(35)11-18-1-2-18)4-6-25(22)37-26-7-8-32-24-14-27(38-29(24)26)23-5-3-20(15-33-23)17-34-10-9-31-16-28(34)36;26-13-17-3-5-20(29-14-17)24-12-21-25(32-24)23(7-8-28-21)31-22-6-4-16(11-19(22)27)10-18(30)9-15-1-2-15;1-9(2,3)14-8(13)11-5-4-10-7(12)6-11;;/h6-11,16-18,21H,4-5,12-15,19-20H2,1-3H3;3-8,13-15,18,31H,1-2,9-12,16-17H2;3-8,11-12,14-15H,1-2,9-10,13H2;4-6H2,1-3H3,(H,10,12);;/q;;;;+1;-1. The van der Waals surface area contributed by atoms with Crippen LogP contribution in [0.3, 0.4) is 0 Å². The number of pyridine rings is 6. The molecule has 18 rings (SSSR count). The number of benzene rings is 3. The first-order valence-corrected chi connectivity index (χ1v) is 46.0. The Labute approximate surface area is 791 Å². The van der Waals surface area contributed by atoms with Gasteiger partial charge in [-0.05, 0) is 204 Å². The molecule has 0 unspecified atom stereocenters. The van der Waals surface area contributed by atoms with Crippen molar-refractivity contribution in [1.82, 2.24) is 60.1 Å². The van der Waals surface area contributed by atoms with Crippen molar-refractivity contribution in [2.75, 3.05) is 58.9 Å². The number of carbonyl (C=O) groups excluding carboxylic acids is 8. The van der Waals surface area contributed by atoms with E-state index in [9.17, 15) is 51.5 Å². The van der Waals surface area contributed by atoms with E-state index in [0.29, 0.717) is 135 Å². The molecule has 3 aromatic carbocycles. The van der Waals surface area contributed by atoms with Gasteiger partial charge in [0.15, 0.2) is 34.7 Å². The number of nitrogens with zero attached hydrogens (tertiary/aromatic N) is 10. The fraction of sp³-hybridized carbons (Fsp3) is 0.361. The number of Topliss-reactive ketones (excluding diaryl/α,β-unsaturated/α-hetero) is 3. The average Bonchev–Trinajstić information content (AvgIpc) is 1.66. The molecule has 0 spiro atoms. The third kappa shape index (κ3) is 26.6. The number of thiophene rings is 3. The molecule has 2 N–H and O–H groups in total. The maximum Gasteiger partial charge on any atom is 1.00 e. The van der Waals surface area contributed by atoms with Gasteiger partial charge >= 0.3 is 41.7 Å². The van der Waals surface area contributed by atoms with E-state index in [1.165, 1.54) is 62.0 Å². The smallest absolute Gasteiger partial charge is 1.00 e. The molecule has 0 bridgehead atoms. The van der Waals surface area contributed by atoms with Gasteiger partial charge in [-0.1, -0.05) is 36.4 Å². The Morgan fingerprint density at radius 1 is 0.438 bits per heavy atom. The minimum absolute atomic E-state index is 0. The molecule has 3 saturated carbocycles. The molecule has 672 valence electrons. The van der Waals surface area contributed by atoms with Crippen molar-refractivity contribution in [3.8, 4) is 66.2 Å². The number of halogens is 4. The van der Waals surface area contributed by atoms with Crippen LogP contribution in [0.15, 0.2) is 165 Å². The molecule has 12 heterocycles. The number of amides is 5. The topological polar surface area (TPSA) is 297 Å². The molecule has 0 atom stereocenters. The third-order valence-corrected chi connectivity index (χ3v) is 25.4. The van der Waals surface area contributed by atoms with Gasteiger partial charge < -0.3 is 45.5 Å². The molecule has 6 aliphatic rings. The van der Waals surface area contributed by atoms with Gasteiger partial charge in [-0.2, -0.15) is 0 Å². The molecule has 9 aromatic heterocycles. The van der Waals surface area contributed by atoms with Gasteiger partial charge in [-0.15, -0.1) is 45.6 Å². The van der Waals surface area contributed by atoms with Crippen LogP contribution in [0.5, 0.6) is 34.5 Å². The second kappa shape index (κ2) is 42.8. The zero-order chi connectivity index (χ0) is 90.6. The van der Waals surface area contributed by atoms with Gasteiger partial charge in [-0.25, -0.2) is 22.8 Å². The van der Waals surface area contributed by atoms with E-state index in [0.717, 1.165) is 119 Å². The van der Waals surface area contributed by atoms with Crippen LogP contribution in [0.25, 0.3) is 62.4 Å². The van der Waals surface area contributed by atoms with Gasteiger partial charge in [0.1, 0.15) is 58.9 Å². The molecular formula is C97H99ClF3N12NaO13S3. The van der Waals surface area contributed by atoms with Gasteiger partial charge in [-0.3, -0.25) is 68.5 Å². The molecule has 12 aromatic rings. The van der Waals surface area contributed by atoms with Crippen LogP contribution in [0.1, 0.15) is 134 Å². The van der Waals surface area contributed by atoms with E-state index in [4.69, 9.17) is 35.3 Å². The molecule has 3 aliphatic heterocycles. The first-order chi connectivity index (χ1) is 62.0. The second-order valence-corrected chi connectivity index (χ2v) is 38.3. The number of alkyl halides is 1. The molecule has 6 fully saturated rings. The number of aromatic nitrogens is 6. The normalized spacial score (nSPS) is 15.1. The Morgan fingerprint density at radius 2 is 0.808 bits per heavy atom. The van der Waals surface area contributed by atoms with E-state index < -0.39 is 40.8 Å². The van der Waals surface area contributed by atoms with Gasteiger partial charge in [0.05, 0.1) is 68.9 Å². The van der Waals surface area contributed by atoms with Crippen LogP contribution >= 0.6 is 45.6 Å². The summed E-state index contributed by atoms with van der Waals surface area (Å²) in [7, 11) is 0. The fourth-order valence-electron chi connectivity index (χ4n) is 14.5. The fourth-order valence-corrected chi connectivity index (χ4v) is 17.8. The molecule has 3 aliphatic carbocycles. The Balaban J connectivity index is 0.000000156. The van der Waals surface area contributed by atoms with E-state index in [1.54, 1.807) is 138 Å². The third-order valence-electron chi connectivity index (χ3n) is 21.6. The van der Waals surface area contributed by atoms with E-state index in [2.05, 4.69) is 40.5 Å². The van der Waals surface area contributed by atoms with Crippen LogP contribution in [-0.2, 0) is 76.5 Å². The summed E-state index contributed by atoms with van der Waals surface area (Å²) in [6, 6.07) is 36.7. The summed E-state index contributed by atoms with van der Waals surface area (Å²) < 4.78 is 75.3. The van der Waals surface area contributed by atoms with Crippen LogP contribution in [0, 0.1) is 35.2 Å². The van der Waals surface area contributed by atoms with E-state index in [1.807, 2.05) is 59.5 Å². The average molecular weight is 1850 g/mol. The van der Waals surface area contributed by atoms with Crippen LogP contribution in [-0.4, -0.2) is 167 Å². The number of hydrogen-bond donors (Lipinski definition) is 2. The summed E-state index contributed by atoms with van der Waals surface area (Å²) in [5.41, 5.74) is 8.19. The van der Waals surface area contributed by atoms with Crippen molar-refractivity contribution >= 4 is 124 Å². The van der Waals surface area contributed by atoms with Crippen molar-refractivity contribution in [3.63, 3.8) is 0 Å². The van der Waals surface area contributed by atoms with E-state index in [-0.39, 0.29) is 116 Å². The summed E-state index contributed by atoms with van der Waals surface area (Å²) >= 11 is 10.3. The summed E-state index contributed by atoms with van der Waals surface area (Å²) in [4.78, 5) is 132. The quantitative estimate of drug-likeness (QED) is 0.0376. The number of ether oxygens (including phenoxy) is 5. The maximum atomic E-state index is 15.0. The summed E-state index contributed by atoms with van der Waals surface area (Å²) in [5.74, 6) is 2.58. The van der Waals surface area contributed by atoms with E-state index >= 15 is 0 Å². The molecule has 3 saturated heterocycles. The summed E-state index contributed by atoms with van der Waals surface area (Å²) in [5, 5.41) is 5.72. The zero-order valence-corrected chi connectivity index (χ0v) is 78.5. The second-order valence-electron chi connectivity index (χ2n) is 34.8. The number of hydrogen-bond acceptors (Lipinski definition) is 23. The molecule has 33 heteroatoms. The molecule has 5 amide bonds. The van der Waals surface area contributed by atoms with Crippen molar-refractivity contribution in [2.24, 2.45) is 17.8 Å². The van der Waals surface area contributed by atoms with Crippen LogP contribution in [0.4, 0.5) is 22.8 Å². The molecule has 25 nitrogen and oxygen atoms in total. The van der Waals surface area contributed by atoms with Gasteiger partial charge in [0, 0.05) is 152 Å². The number of piperazine rings is 3. The van der Waals surface area contributed by atoms with Crippen LogP contribution < -0.4 is 54.4 Å². The maximum absolute atomic E-state index is 15.0. The molecule has 130 heavy (non-hydrogen) atoms. The number of rotatable bonds is 26. The Morgan fingerprint density at radius 3 is 1.14 bits per heavy atom. The minimum Gasteiger partial charge on any atom is -1.00 e. The zero-order valence-electron chi connectivity index (χ0n) is 74.3. The Hall–Kier alpha value is -11.2. The SMILES string of the molecule is CC(C)(C)OC(=O)N1CCN(Cc2ccc(-c3cc4nccc(Oc5ccc(CC(=O)CC6CC6)cc5F)c4s3)nc2)C(=O)C1.CC(C)(C)OC(=O)N1CCNC(=O)C1.O=C(Cc1ccc(Oc2ccnc3cc(-c4ccc(CCl)cn4)sc23)c(F)c1)CC1CC1.O=C(Cc1ccc(Oc2ccnc3cc(-c4ccc(CN5CCNCC5=O)cn4)sc23)c(F)c1)CC1CC1.[H-].[Na+]. The van der Waals surface area contributed by atoms with Gasteiger partial charge in [0.2, 0.25) is 17.7 Å². The minimum atomic E-state index is -0.619. The van der Waals surface area contributed by atoms with Crippen molar-refractivity contribution in [3.05, 3.63) is 215 Å². The number of carbonyl (C=O) groups is 8. The van der Waals surface area contributed by atoms with Crippen molar-refractivity contribution in [1.29, 1.82) is 0 Å². The Bertz CT molecular complexity index is 6150. The number of nitrogens with one attached hydrogen (secondary N) is 2. The summed E-state index contributed by atoms with van der Waals surface area (Å²) in [6.07, 6.45) is 18.5. The predicted molar refractivity (Wildman–Crippen MR) is 489 cm³/mol. The van der Waals surface area contributed by atoms with Gasteiger partial charge in [0.25, 0.3) is 0 Å². The first kappa shape index (κ1) is 94.9. The number of fused-ring (bicyclic) bond motifs is 3. The largest absolute Gasteiger partial charge is 1.00 e. The molecule has 0 radical (unpaired) electrons. The first-order valence-electron chi connectivity index (χ1n) is 43.0. The Kier molecular flexibility index (Phi) is 31.3.